The van der Waals surface area contributed by atoms with Gasteiger partial charge in [0.1, 0.15) is 0 Å². The second-order valence-electron chi connectivity index (χ2n) is 6.27. The Morgan fingerprint density at radius 1 is 1.18 bits per heavy atom. The van der Waals surface area contributed by atoms with E-state index in [0.29, 0.717) is 5.92 Å². The fraction of sp³-hybridized carbons (Fsp3) is 0.625. The van der Waals surface area contributed by atoms with E-state index >= 15 is 0 Å². The van der Waals surface area contributed by atoms with E-state index in [2.05, 4.69) is 50.4 Å². The van der Waals surface area contributed by atoms with Gasteiger partial charge in [0, 0.05) is 12.1 Å². The molecular weight excluding hydrogens is 206 g/mol. The molecule has 0 saturated heterocycles. The lowest BCUT2D eigenvalue weighted by Gasteiger charge is -2.25. The van der Waals surface area contributed by atoms with Crippen molar-refractivity contribution in [3.63, 3.8) is 0 Å². The number of aryl methyl sites for hydroxylation is 1. The fourth-order valence-corrected chi connectivity index (χ4v) is 2.66. The monoisotopic (exact) mass is 231 g/mol. The smallest absolute Gasteiger partial charge is 0.00967 e. The van der Waals surface area contributed by atoms with Gasteiger partial charge in [-0.1, -0.05) is 30.7 Å². The predicted molar refractivity (Wildman–Crippen MR) is 74.5 cm³/mol. The topological polar surface area (TPSA) is 12.0 Å². The molecule has 0 aromatic heterocycles. The Labute approximate surface area is 106 Å². The number of nitrogens with one attached hydrogen (secondary N) is 1. The molecule has 1 aliphatic rings. The molecule has 1 atom stereocenters. The summed E-state index contributed by atoms with van der Waals surface area (Å²) in [6.45, 7) is 7.85. The van der Waals surface area contributed by atoms with Gasteiger partial charge >= 0.3 is 0 Å². The van der Waals surface area contributed by atoms with E-state index in [1.807, 2.05) is 0 Å². The number of fused-ring (bicyclic) bond motifs is 1. The lowest BCUT2D eigenvalue weighted by molar-refractivity contribution is 0.397. The summed E-state index contributed by atoms with van der Waals surface area (Å²) in [7, 11) is 0. The first-order valence-electron chi connectivity index (χ1n) is 6.89. The zero-order chi connectivity index (χ0) is 12.3. The van der Waals surface area contributed by atoms with Crippen LogP contribution in [-0.4, -0.2) is 12.1 Å². The Kier molecular flexibility index (Phi) is 3.88. The van der Waals surface area contributed by atoms with Crippen LogP contribution in [0.25, 0.3) is 0 Å². The van der Waals surface area contributed by atoms with Crippen LogP contribution in [0.3, 0.4) is 0 Å². The van der Waals surface area contributed by atoms with Crippen LogP contribution in [0.2, 0.25) is 0 Å². The van der Waals surface area contributed by atoms with E-state index in [-0.39, 0.29) is 5.54 Å². The van der Waals surface area contributed by atoms with Crippen LogP contribution < -0.4 is 5.32 Å². The van der Waals surface area contributed by atoms with Gasteiger partial charge in [0.05, 0.1) is 0 Å². The van der Waals surface area contributed by atoms with Gasteiger partial charge in [-0.3, -0.25) is 0 Å². The highest BCUT2D eigenvalue weighted by atomic mass is 14.9. The molecule has 1 aliphatic carbocycles. The van der Waals surface area contributed by atoms with Crippen LogP contribution in [0, 0.1) is 0 Å². The fourth-order valence-electron chi connectivity index (χ4n) is 2.66. The van der Waals surface area contributed by atoms with Crippen LogP contribution in [-0.2, 0) is 6.42 Å². The molecule has 0 radical (unpaired) electrons. The van der Waals surface area contributed by atoms with Crippen LogP contribution >= 0.6 is 0 Å². The maximum Gasteiger partial charge on any atom is 0.00967 e. The van der Waals surface area contributed by atoms with Gasteiger partial charge in [0.2, 0.25) is 0 Å². The molecule has 2 rings (SSSR count). The van der Waals surface area contributed by atoms with Gasteiger partial charge in [0.15, 0.2) is 0 Å². The summed E-state index contributed by atoms with van der Waals surface area (Å²) in [5.74, 6) is 0.702. The van der Waals surface area contributed by atoms with E-state index in [1.165, 1.54) is 25.7 Å². The Balaban J connectivity index is 2.12. The highest BCUT2D eigenvalue weighted by molar-refractivity contribution is 5.31. The second-order valence-corrected chi connectivity index (χ2v) is 6.27. The van der Waals surface area contributed by atoms with Crippen molar-refractivity contribution in [1.29, 1.82) is 0 Å². The van der Waals surface area contributed by atoms with E-state index in [0.717, 1.165) is 6.54 Å². The zero-order valence-corrected chi connectivity index (χ0v) is 11.4. The molecular formula is C16H25N. The number of hydrogen-bond donors (Lipinski definition) is 1. The Bertz CT molecular complexity index is 362. The first-order valence-corrected chi connectivity index (χ1v) is 6.89. The molecule has 1 N–H and O–H groups in total. The minimum atomic E-state index is 0.223. The number of benzene rings is 1. The van der Waals surface area contributed by atoms with Gasteiger partial charge in [-0.25, -0.2) is 0 Å². The molecule has 0 heterocycles. The summed E-state index contributed by atoms with van der Waals surface area (Å²) in [6.07, 6.45) is 5.32. The normalized spacial score (nSPS) is 20.8. The molecule has 1 heteroatoms. The summed E-state index contributed by atoms with van der Waals surface area (Å²) in [5.41, 5.74) is 3.38. The number of rotatable bonds is 2. The average Bonchev–Trinajstić information content (AvgIpc) is 2.47. The molecule has 94 valence electrons. The first kappa shape index (κ1) is 12.6. The lowest BCUT2D eigenvalue weighted by Crippen LogP contribution is -2.38. The standard InChI is InChI=1S/C16H25N/c1-16(2,3)17-12-14-10-5-4-8-13-9-6-7-11-15(13)14/h6-7,9,11,14,17H,4-5,8,10,12H2,1-3H3. The van der Waals surface area contributed by atoms with Crippen molar-refractivity contribution < 1.29 is 0 Å². The molecule has 0 amide bonds. The van der Waals surface area contributed by atoms with Crippen molar-refractivity contribution in [3.05, 3.63) is 35.4 Å². The maximum absolute atomic E-state index is 3.66. The van der Waals surface area contributed by atoms with Crippen LogP contribution in [0.15, 0.2) is 24.3 Å². The molecule has 0 spiro atoms. The molecule has 0 aliphatic heterocycles. The van der Waals surface area contributed by atoms with Gasteiger partial charge in [0.25, 0.3) is 0 Å². The molecule has 0 saturated carbocycles. The summed E-state index contributed by atoms with van der Waals surface area (Å²) < 4.78 is 0. The first-order chi connectivity index (χ1) is 8.06. The SMILES string of the molecule is CC(C)(C)NCC1CCCCc2ccccc21. The van der Waals surface area contributed by atoms with Crippen LogP contribution in [0.4, 0.5) is 0 Å². The van der Waals surface area contributed by atoms with Gasteiger partial charge in [-0.15, -0.1) is 0 Å². The van der Waals surface area contributed by atoms with Gasteiger partial charge < -0.3 is 5.32 Å². The average molecular weight is 231 g/mol. The van der Waals surface area contributed by atoms with Crippen molar-refractivity contribution >= 4 is 0 Å². The second kappa shape index (κ2) is 5.22. The molecule has 1 aromatic carbocycles. The van der Waals surface area contributed by atoms with Gasteiger partial charge in [-0.2, -0.15) is 0 Å². The zero-order valence-electron chi connectivity index (χ0n) is 11.4. The Morgan fingerprint density at radius 3 is 2.71 bits per heavy atom. The van der Waals surface area contributed by atoms with Crippen molar-refractivity contribution in [2.45, 2.75) is 57.9 Å². The molecule has 0 bridgehead atoms. The third kappa shape index (κ3) is 3.57. The van der Waals surface area contributed by atoms with Crippen LogP contribution in [0.5, 0.6) is 0 Å². The summed E-state index contributed by atoms with van der Waals surface area (Å²) in [4.78, 5) is 0. The minimum Gasteiger partial charge on any atom is -0.311 e. The minimum absolute atomic E-state index is 0.223. The summed E-state index contributed by atoms with van der Waals surface area (Å²) in [5, 5.41) is 3.66. The van der Waals surface area contributed by atoms with Crippen molar-refractivity contribution in [2.75, 3.05) is 6.54 Å². The third-order valence-electron chi connectivity index (χ3n) is 3.62. The third-order valence-corrected chi connectivity index (χ3v) is 3.62. The highest BCUT2D eigenvalue weighted by Crippen LogP contribution is 2.30. The van der Waals surface area contributed by atoms with Crippen molar-refractivity contribution in [2.24, 2.45) is 0 Å². The van der Waals surface area contributed by atoms with E-state index in [1.54, 1.807) is 11.1 Å². The summed E-state index contributed by atoms with van der Waals surface area (Å²) in [6, 6.07) is 9.01. The van der Waals surface area contributed by atoms with Gasteiger partial charge in [-0.05, 0) is 57.1 Å². The number of hydrogen-bond acceptors (Lipinski definition) is 1. The largest absolute Gasteiger partial charge is 0.311 e. The Hall–Kier alpha value is -0.820. The molecule has 17 heavy (non-hydrogen) atoms. The molecule has 1 aromatic rings. The predicted octanol–water partition coefficient (Wildman–Crippen LogP) is 3.88. The Morgan fingerprint density at radius 2 is 1.94 bits per heavy atom. The summed E-state index contributed by atoms with van der Waals surface area (Å²) >= 11 is 0. The lowest BCUT2D eigenvalue weighted by atomic mass is 9.92. The molecule has 1 nitrogen and oxygen atoms in total. The van der Waals surface area contributed by atoms with Crippen LogP contribution in [0.1, 0.15) is 57.1 Å². The highest BCUT2D eigenvalue weighted by Gasteiger charge is 2.20. The van der Waals surface area contributed by atoms with E-state index < -0.39 is 0 Å². The van der Waals surface area contributed by atoms with Crippen molar-refractivity contribution in [1.82, 2.24) is 5.32 Å². The van der Waals surface area contributed by atoms with E-state index in [9.17, 15) is 0 Å². The van der Waals surface area contributed by atoms with E-state index in [4.69, 9.17) is 0 Å². The van der Waals surface area contributed by atoms with Crippen molar-refractivity contribution in [3.8, 4) is 0 Å². The quantitative estimate of drug-likeness (QED) is 0.762. The maximum atomic E-state index is 3.66. The molecule has 0 fully saturated rings. The molecule has 1 unspecified atom stereocenters.